The number of nitrogens with two attached hydrogens (primary N) is 1. The van der Waals surface area contributed by atoms with Crippen LogP contribution in [0.5, 0.6) is 0 Å². The van der Waals surface area contributed by atoms with Crippen LogP contribution in [-0.4, -0.2) is 33.7 Å². The molecule has 4 nitrogen and oxygen atoms in total. The van der Waals surface area contributed by atoms with Gasteiger partial charge in [-0.3, -0.25) is 9.00 Å². The minimum Gasteiger partial charge on any atom is -0.354 e. The van der Waals surface area contributed by atoms with Crippen LogP contribution in [0.15, 0.2) is 0 Å². The van der Waals surface area contributed by atoms with Gasteiger partial charge < -0.3 is 11.1 Å². The minimum absolute atomic E-state index is 0.0721. The van der Waals surface area contributed by atoms with Crippen molar-refractivity contribution in [1.82, 2.24) is 5.32 Å². The summed E-state index contributed by atoms with van der Waals surface area (Å²) < 4.78 is 11.2. The van der Waals surface area contributed by atoms with Crippen molar-refractivity contribution in [2.75, 3.05) is 18.1 Å². The molecule has 1 aliphatic rings. The van der Waals surface area contributed by atoms with Gasteiger partial charge in [0, 0.05) is 28.9 Å². The van der Waals surface area contributed by atoms with Gasteiger partial charge in [0.15, 0.2) is 0 Å². The van der Waals surface area contributed by atoms with E-state index in [1.807, 2.05) is 6.92 Å². The Morgan fingerprint density at radius 1 is 1.59 bits per heavy atom. The lowest BCUT2D eigenvalue weighted by Gasteiger charge is -2.35. The van der Waals surface area contributed by atoms with Crippen LogP contribution in [0, 0.1) is 5.92 Å². The molecule has 0 saturated heterocycles. The lowest BCUT2D eigenvalue weighted by atomic mass is 9.76. The molecule has 1 fully saturated rings. The number of carbonyl (C=O) groups excluding carboxylic acids is 1. The first-order valence-corrected chi connectivity index (χ1v) is 7.89. The molecule has 1 rings (SSSR count). The molecule has 3 unspecified atom stereocenters. The lowest BCUT2D eigenvalue weighted by molar-refractivity contribution is -0.127. The van der Waals surface area contributed by atoms with Crippen molar-refractivity contribution in [2.45, 2.75) is 45.1 Å². The van der Waals surface area contributed by atoms with Crippen LogP contribution in [0.25, 0.3) is 0 Å². The molecular weight excluding hydrogens is 236 g/mol. The Hall–Kier alpha value is -0.420. The van der Waals surface area contributed by atoms with Gasteiger partial charge in [0.2, 0.25) is 5.91 Å². The molecule has 3 atom stereocenters. The van der Waals surface area contributed by atoms with Gasteiger partial charge in [-0.25, -0.2) is 0 Å². The molecule has 0 aromatic heterocycles. The third-order valence-electron chi connectivity index (χ3n) is 3.42. The summed E-state index contributed by atoms with van der Waals surface area (Å²) in [4.78, 5) is 12.0. The number of nitrogens with one attached hydrogen (secondary N) is 1. The fraction of sp³-hybridized carbons (Fsp3) is 0.917. The smallest absolute Gasteiger partial charge is 0.240 e. The fourth-order valence-electron chi connectivity index (χ4n) is 2.40. The van der Waals surface area contributed by atoms with Crippen LogP contribution in [0.4, 0.5) is 0 Å². The van der Waals surface area contributed by atoms with Gasteiger partial charge in [-0.05, 0) is 18.8 Å². The predicted octanol–water partition coefficient (Wildman–Crippen LogP) is 0.779. The maximum atomic E-state index is 12.0. The molecule has 17 heavy (non-hydrogen) atoms. The monoisotopic (exact) mass is 260 g/mol. The normalized spacial score (nSPS) is 30.9. The summed E-state index contributed by atoms with van der Waals surface area (Å²) in [5.74, 6) is 1.61. The molecule has 1 aliphatic carbocycles. The maximum Gasteiger partial charge on any atom is 0.240 e. The second kappa shape index (κ2) is 6.50. The van der Waals surface area contributed by atoms with Gasteiger partial charge in [0.25, 0.3) is 0 Å². The molecule has 0 radical (unpaired) electrons. The second-order valence-corrected chi connectivity index (χ2v) is 6.91. The van der Waals surface area contributed by atoms with Crippen LogP contribution in [0.3, 0.4) is 0 Å². The maximum absolute atomic E-state index is 12.0. The van der Waals surface area contributed by atoms with E-state index in [1.54, 1.807) is 0 Å². The van der Waals surface area contributed by atoms with E-state index in [1.165, 1.54) is 0 Å². The van der Waals surface area contributed by atoms with E-state index in [2.05, 4.69) is 12.2 Å². The van der Waals surface area contributed by atoms with Crippen molar-refractivity contribution >= 4 is 16.7 Å². The molecular formula is C12H24N2O2S. The molecule has 0 spiro atoms. The minimum atomic E-state index is -0.824. The third-order valence-corrected chi connectivity index (χ3v) is 4.73. The van der Waals surface area contributed by atoms with E-state index in [9.17, 15) is 9.00 Å². The summed E-state index contributed by atoms with van der Waals surface area (Å²) in [6.45, 7) is 4.48. The predicted molar refractivity (Wildman–Crippen MR) is 71.1 cm³/mol. The highest BCUT2D eigenvalue weighted by Crippen LogP contribution is 2.30. The summed E-state index contributed by atoms with van der Waals surface area (Å²) in [5.41, 5.74) is 5.45. The number of hydrogen-bond acceptors (Lipinski definition) is 3. The molecule has 3 N–H and O–H groups in total. The van der Waals surface area contributed by atoms with E-state index in [-0.39, 0.29) is 5.91 Å². The van der Waals surface area contributed by atoms with Crippen molar-refractivity contribution in [1.29, 1.82) is 0 Å². The average molecular weight is 260 g/mol. The van der Waals surface area contributed by atoms with Crippen molar-refractivity contribution in [3.8, 4) is 0 Å². The van der Waals surface area contributed by atoms with E-state index >= 15 is 0 Å². The summed E-state index contributed by atoms with van der Waals surface area (Å²) in [7, 11) is -0.824. The largest absolute Gasteiger partial charge is 0.354 e. The van der Waals surface area contributed by atoms with Crippen LogP contribution < -0.4 is 11.1 Å². The van der Waals surface area contributed by atoms with E-state index in [0.717, 1.165) is 25.7 Å². The quantitative estimate of drug-likeness (QED) is 0.767. The zero-order valence-corrected chi connectivity index (χ0v) is 11.6. The lowest BCUT2D eigenvalue weighted by Crippen LogP contribution is -2.56. The standard InChI is InChI=1S/C12H24N2O2S/c1-3-17(16)8-7-14-11(15)12(13)6-4-5-10(2)9-12/h10H,3-9,13H2,1-2H3,(H,14,15). The highest BCUT2D eigenvalue weighted by atomic mass is 32.2. The Morgan fingerprint density at radius 2 is 2.29 bits per heavy atom. The molecule has 0 bridgehead atoms. The molecule has 0 aliphatic heterocycles. The second-order valence-electron chi connectivity index (χ2n) is 5.05. The van der Waals surface area contributed by atoms with Crippen molar-refractivity contribution in [3.63, 3.8) is 0 Å². The Kier molecular flexibility index (Phi) is 5.59. The van der Waals surface area contributed by atoms with E-state index < -0.39 is 16.3 Å². The summed E-state index contributed by atoms with van der Waals surface area (Å²) in [5, 5.41) is 2.82. The summed E-state index contributed by atoms with van der Waals surface area (Å²) >= 11 is 0. The highest BCUT2D eigenvalue weighted by molar-refractivity contribution is 7.84. The number of amides is 1. The Labute approximate surface area is 106 Å². The van der Waals surface area contributed by atoms with Crippen molar-refractivity contribution in [3.05, 3.63) is 0 Å². The third kappa shape index (κ3) is 4.39. The van der Waals surface area contributed by atoms with Gasteiger partial charge in [-0.1, -0.05) is 26.7 Å². The molecule has 5 heteroatoms. The number of carbonyl (C=O) groups is 1. The molecule has 0 aromatic rings. The highest BCUT2D eigenvalue weighted by Gasteiger charge is 2.37. The number of hydrogen-bond donors (Lipinski definition) is 2. The Bertz CT molecular complexity index is 296. The van der Waals surface area contributed by atoms with Crippen LogP contribution >= 0.6 is 0 Å². The topological polar surface area (TPSA) is 72.2 Å². The SMILES string of the molecule is CCS(=O)CCNC(=O)C1(N)CCCC(C)C1. The Balaban J connectivity index is 2.38. The molecule has 100 valence electrons. The van der Waals surface area contributed by atoms with Gasteiger partial charge in [-0.15, -0.1) is 0 Å². The zero-order chi connectivity index (χ0) is 12.9. The van der Waals surface area contributed by atoms with E-state index in [0.29, 0.717) is 24.0 Å². The van der Waals surface area contributed by atoms with Crippen molar-refractivity contribution < 1.29 is 9.00 Å². The molecule has 0 aromatic carbocycles. The first kappa shape index (κ1) is 14.6. The fourth-order valence-corrected chi connectivity index (χ4v) is 3.02. The van der Waals surface area contributed by atoms with E-state index in [4.69, 9.17) is 5.73 Å². The average Bonchev–Trinajstić information content (AvgIpc) is 2.28. The molecule has 1 saturated carbocycles. The van der Waals surface area contributed by atoms with Gasteiger partial charge in [0.05, 0.1) is 5.54 Å². The first-order valence-electron chi connectivity index (χ1n) is 6.40. The van der Waals surface area contributed by atoms with Gasteiger partial charge in [-0.2, -0.15) is 0 Å². The first-order chi connectivity index (χ1) is 7.98. The van der Waals surface area contributed by atoms with Gasteiger partial charge >= 0.3 is 0 Å². The summed E-state index contributed by atoms with van der Waals surface area (Å²) in [6, 6.07) is 0. The van der Waals surface area contributed by atoms with Crippen LogP contribution in [0.1, 0.15) is 39.5 Å². The van der Waals surface area contributed by atoms with Crippen LogP contribution in [-0.2, 0) is 15.6 Å². The zero-order valence-electron chi connectivity index (χ0n) is 10.8. The Morgan fingerprint density at radius 3 is 2.88 bits per heavy atom. The number of rotatable bonds is 5. The van der Waals surface area contributed by atoms with Crippen LogP contribution in [0.2, 0.25) is 0 Å². The molecule has 0 heterocycles. The van der Waals surface area contributed by atoms with Gasteiger partial charge in [0.1, 0.15) is 0 Å². The van der Waals surface area contributed by atoms with Crippen molar-refractivity contribution in [2.24, 2.45) is 11.7 Å². The molecule has 1 amide bonds. The summed E-state index contributed by atoms with van der Waals surface area (Å²) in [6.07, 6.45) is 3.70.